The molecule has 0 aromatic heterocycles. The van der Waals surface area contributed by atoms with Gasteiger partial charge < -0.3 is 5.11 Å². The lowest BCUT2D eigenvalue weighted by Gasteiger charge is -2.21. The van der Waals surface area contributed by atoms with Gasteiger partial charge in [0, 0.05) is 5.56 Å². The van der Waals surface area contributed by atoms with Crippen LogP contribution in [0, 0.1) is 0 Å². The lowest BCUT2D eigenvalue weighted by atomic mass is 10.1. The first-order valence-corrected chi connectivity index (χ1v) is 5.04. The number of likely N-dealkylation sites (N-methyl/N-ethyl adjacent to an activating group) is 1. The number of carboxylic acid groups (broad SMARTS) is 1. The summed E-state index contributed by atoms with van der Waals surface area (Å²) >= 11 is 11.8. The standard InChI is InChI=1S/C10H11Cl2NO2/c1-13(2)9(10(14)15)6-4-3-5-7(11)8(6)12/h3-5,9H,1-2H3,(H,14,15)/t9-/m0/s1. The normalized spacial score (nSPS) is 12.9. The first-order chi connectivity index (χ1) is 6.95. The van der Waals surface area contributed by atoms with Gasteiger partial charge in [-0.2, -0.15) is 0 Å². The van der Waals surface area contributed by atoms with Gasteiger partial charge in [-0.1, -0.05) is 35.3 Å². The van der Waals surface area contributed by atoms with Crippen LogP contribution in [-0.2, 0) is 4.79 Å². The fourth-order valence-corrected chi connectivity index (χ4v) is 1.77. The highest BCUT2D eigenvalue weighted by Gasteiger charge is 2.25. The molecule has 0 aliphatic carbocycles. The van der Waals surface area contributed by atoms with Crippen molar-refractivity contribution in [3.63, 3.8) is 0 Å². The number of rotatable bonds is 3. The van der Waals surface area contributed by atoms with Crippen LogP contribution in [0.3, 0.4) is 0 Å². The van der Waals surface area contributed by atoms with Gasteiger partial charge in [0.15, 0.2) is 0 Å². The van der Waals surface area contributed by atoms with Crippen LogP contribution >= 0.6 is 23.2 Å². The minimum Gasteiger partial charge on any atom is -0.480 e. The van der Waals surface area contributed by atoms with Crippen molar-refractivity contribution in [3.05, 3.63) is 33.8 Å². The molecule has 0 aliphatic rings. The first kappa shape index (κ1) is 12.3. The van der Waals surface area contributed by atoms with Crippen LogP contribution in [0.2, 0.25) is 10.0 Å². The van der Waals surface area contributed by atoms with Crippen LogP contribution < -0.4 is 0 Å². The maximum absolute atomic E-state index is 11.1. The molecule has 1 aromatic carbocycles. The van der Waals surface area contributed by atoms with Crippen LogP contribution in [0.4, 0.5) is 0 Å². The second kappa shape index (κ2) is 4.84. The van der Waals surface area contributed by atoms with Crippen LogP contribution in [0.25, 0.3) is 0 Å². The minimum absolute atomic E-state index is 0.292. The third kappa shape index (κ3) is 2.62. The topological polar surface area (TPSA) is 40.5 Å². The molecule has 1 N–H and O–H groups in total. The average molecular weight is 248 g/mol. The zero-order chi connectivity index (χ0) is 11.6. The van der Waals surface area contributed by atoms with E-state index in [0.29, 0.717) is 15.6 Å². The van der Waals surface area contributed by atoms with Gasteiger partial charge in [0.1, 0.15) is 6.04 Å². The molecule has 0 radical (unpaired) electrons. The molecule has 0 amide bonds. The molecule has 0 aliphatic heterocycles. The number of carboxylic acids is 1. The number of halogens is 2. The fourth-order valence-electron chi connectivity index (χ4n) is 1.36. The number of carbonyl (C=O) groups is 1. The zero-order valence-corrected chi connectivity index (χ0v) is 9.88. The monoisotopic (exact) mass is 247 g/mol. The highest BCUT2D eigenvalue weighted by atomic mass is 35.5. The molecule has 0 saturated carbocycles. The molecule has 0 spiro atoms. The Hall–Kier alpha value is -0.770. The first-order valence-electron chi connectivity index (χ1n) is 4.28. The van der Waals surface area contributed by atoms with E-state index < -0.39 is 12.0 Å². The van der Waals surface area contributed by atoms with Crippen molar-refractivity contribution in [2.24, 2.45) is 0 Å². The van der Waals surface area contributed by atoms with Gasteiger partial charge >= 0.3 is 5.97 Å². The van der Waals surface area contributed by atoms with Gasteiger partial charge in [-0.15, -0.1) is 0 Å². The van der Waals surface area contributed by atoms with Crippen molar-refractivity contribution in [3.8, 4) is 0 Å². The molecular weight excluding hydrogens is 237 g/mol. The Bertz CT molecular complexity index is 380. The van der Waals surface area contributed by atoms with E-state index in [-0.39, 0.29) is 0 Å². The number of hydrogen-bond acceptors (Lipinski definition) is 2. The summed E-state index contributed by atoms with van der Waals surface area (Å²) in [7, 11) is 3.35. The SMILES string of the molecule is CN(C)[C@H](C(=O)O)c1cccc(Cl)c1Cl. The second-order valence-corrected chi connectivity index (χ2v) is 4.13. The van der Waals surface area contributed by atoms with Gasteiger partial charge in [-0.05, 0) is 20.2 Å². The van der Waals surface area contributed by atoms with E-state index in [1.165, 1.54) is 0 Å². The molecule has 15 heavy (non-hydrogen) atoms. The molecule has 1 rings (SSSR count). The Balaban J connectivity index is 3.23. The summed E-state index contributed by atoms with van der Waals surface area (Å²) in [6, 6.07) is 4.19. The van der Waals surface area contributed by atoms with E-state index in [9.17, 15) is 4.79 Å². The predicted octanol–water partition coefficient (Wildman–Crippen LogP) is 2.68. The van der Waals surface area contributed by atoms with Gasteiger partial charge in [0.25, 0.3) is 0 Å². The molecule has 5 heteroatoms. The molecule has 0 bridgehead atoms. The number of benzene rings is 1. The van der Waals surface area contributed by atoms with E-state index in [0.717, 1.165) is 0 Å². The Morgan fingerprint density at radius 1 is 1.40 bits per heavy atom. The molecule has 0 fully saturated rings. The van der Waals surface area contributed by atoms with Crippen molar-refractivity contribution in [2.75, 3.05) is 14.1 Å². The molecule has 0 heterocycles. The quantitative estimate of drug-likeness (QED) is 0.893. The van der Waals surface area contributed by atoms with Crippen molar-refractivity contribution in [2.45, 2.75) is 6.04 Å². The Morgan fingerprint density at radius 3 is 2.47 bits per heavy atom. The average Bonchev–Trinajstić information content (AvgIpc) is 2.11. The maximum atomic E-state index is 11.1. The predicted molar refractivity (Wildman–Crippen MR) is 60.5 cm³/mol. The highest BCUT2D eigenvalue weighted by Crippen LogP contribution is 2.31. The number of hydrogen-bond donors (Lipinski definition) is 1. The number of nitrogens with zero attached hydrogens (tertiary/aromatic N) is 1. The zero-order valence-electron chi connectivity index (χ0n) is 8.37. The Morgan fingerprint density at radius 2 is 2.00 bits per heavy atom. The van der Waals surface area contributed by atoms with Crippen molar-refractivity contribution < 1.29 is 9.90 Å². The number of aliphatic carboxylic acids is 1. The van der Waals surface area contributed by atoms with Crippen LogP contribution in [-0.4, -0.2) is 30.1 Å². The molecule has 82 valence electrons. The van der Waals surface area contributed by atoms with Gasteiger partial charge in [0.2, 0.25) is 0 Å². The van der Waals surface area contributed by atoms with E-state index in [1.54, 1.807) is 37.2 Å². The van der Waals surface area contributed by atoms with Crippen LogP contribution in [0.15, 0.2) is 18.2 Å². The summed E-state index contributed by atoms with van der Waals surface area (Å²) in [6.45, 7) is 0. The third-order valence-corrected chi connectivity index (χ3v) is 2.86. The summed E-state index contributed by atoms with van der Waals surface area (Å²) in [5.41, 5.74) is 0.502. The van der Waals surface area contributed by atoms with Gasteiger partial charge in [0.05, 0.1) is 10.0 Å². The smallest absolute Gasteiger partial charge is 0.325 e. The summed E-state index contributed by atoms with van der Waals surface area (Å²) < 4.78 is 0. The summed E-state index contributed by atoms with van der Waals surface area (Å²) in [6.07, 6.45) is 0. The molecular formula is C10H11Cl2NO2. The lowest BCUT2D eigenvalue weighted by Crippen LogP contribution is -2.27. The van der Waals surface area contributed by atoms with E-state index in [2.05, 4.69) is 0 Å². The largest absolute Gasteiger partial charge is 0.480 e. The van der Waals surface area contributed by atoms with Crippen molar-refractivity contribution in [1.82, 2.24) is 4.90 Å². The minimum atomic E-state index is -0.954. The van der Waals surface area contributed by atoms with Crippen molar-refractivity contribution in [1.29, 1.82) is 0 Å². The van der Waals surface area contributed by atoms with E-state index in [4.69, 9.17) is 28.3 Å². The molecule has 0 unspecified atom stereocenters. The van der Waals surface area contributed by atoms with Gasteiger partial charge in [-0.25, -0.2) is 0 Å². The lowest BCUT2D eigenvalue weighted by molar-refractivity contribution is -0.142. The molecule has 3 nitrogen and oxygen atoms in total. The van der Waals surface area contributed by atoms with Crippen LogP contribution in [0.5, 0.6) is 0 Å². The van der Waals surface area contributed by atoms with Crippen molar-refractivity contribution >= 4 is 29.2 Å². The molecule has 0 saturated heterocycles. The van der Waals surface area contributed by atoms with Crippen LogP contribution in [0.1, 0.15) is 11.6 Å². The highest BCUT2D eigenvalue weighted by molar-refractivity contribution is 6.42. The fraction of sp³-hybridized carbons (Fsp3) is 0.300. The summed E-state index contributed by atoms with van der Waals surface area (Å²) in [5, 5.41) is 9.72. The van der Waals surface area contributed by atoms with Gasteiger partial charge in [-0.3, -0.25) is 9.69 Å². The molecule has 1 aromatic rings. The third-order valence-electron chi connectivity index (χ3n) is 2.03. The maximum Gasteiger partial charge on any atom is 0.325 e. The Labute approximate surface area is 98.2 Å². The van der Waals surface area contributed by atoms with E-state index >= 15 is 0 Å². The summed E-state index contributed by atoms with van der Waals surface area (Å²) in [4.78, 5) is 12.6. The molecule has 1 atom stereocenters. The second-order valence-electron chi connectivity index (χ2n) is 3.35. The summed E-state index contributed by atoms with van der Waals surface area (Å²) in [5.74, 6) is -0.954. The van der Waals surface area contributed by atoms with E-state index in [1.807, 2.05) is 0 Å². The Kier molecular flexibility index (Phi) is 3.97.